The molecule has 0 saturated carbocycles. The Morgan fingerprint density at radius 3 is 1.85 bits per heavy atom. The summed E-state index contributed by atoms with van der Waals surface area (Å²) >= 11 is 0. The Labute approximate surface area is 465 Å². The Morgan fingerprint density at radius 2 is 1.17 bits per heavy atom. The van der Waals surface area contributed by atoms with Crippen LogP contribution in [0.1, 0.15) is 71.9 Å². The van der Waals surface area contributed by atoms with Gasteiger partial charge in [-0.05, 0) is 114 Å². The van der Waals surface area contributed by atoms with E-state index in [4.69, 9.17) is 13.5 Å². The largest absolute Gasteiger partial charge is 0.500 e. The van der Waals surface area contributed by atoms with Gasteiger partial charge < -0.3 is 18.8 Å². The van der Waals surface area contributed by atoms with E-state index in [0.29, 0.717) is 34.0 Å². The van der Waals surface area contributed by atoms with Gasteiger partial charge in [-0.25, -0.2) is 0 Å². The van der Waals surface area contributed by atoms with Crippen LogP contribution in [-0.4, -0.2) is 9.97 Å². The number of alkyl halides is 6. The maximum Gasteiger partial charge on any atom is 0.450 e. The number of aryl methyl sites for hydroxylation is 1. The summed E-state index contributed by atoms with van der Waals surface area (Å²) in [6, 6.07) is 62.1. The second kappa shape index (κ2) is 21.4. The topological polar surface area (TPSA) is 52.1 Å². The SMILES string of the molecule is FC(F)(F)c1cc(-c2ccnc(-c3[c-]cccc3)c2)c(C(F)(F)F)o1.[2H]C([2H])([2H])c1cnc(-c2[c-]ccc3c2oc2c3ccc3ccc4ccccc4c32)cc1-c1c(C(C)C)cc(-c2ccc(-c3ccccc3)cc2)cc1C(C)C.[Ir]. The van der Waals surface area contributed by atoms with Crippen molar-refractivity contribution in [3.63, 3.8) is 0 Å². The molecular weight excluding hydrogens is 1170 g/mol. The zero-order valence-corrected chi connectivity index (χ0v) is 44.8. The Kier molecular flexibility index (Phi) is 13.6. The molecule has 0 spiro atoms. The number of fused-ring (bicyclic) bond motifs is 7. The number of rotatable bonds is 8. The molecule has 78 heavy (non-hydrogen) atoms. The van der Waals surface area contributed by atoms with E-state index in [2.05, 4.69) is 158 Å². The summed E-state index contributed by atoms with van der Waals surface area (Å²) in [6.45, 7) is 6.33. The molecule has 4 aromatic heterocycles. The van der Waals surface area contributed by atoms with E-state index >= 15 is 0 Å². The molecule has 0 amide bonds. The van der Waals surface area contributed by atoms with Crippen LogP contribution in [0.15, 0.2) is 197 Å². The molecule has 0 unspecified atom stereocenters. The number of nitrogens with zero attached hydrogens (tertiary/aromatic N) is 2. The van der Waals surface area contributed by atoms with Gasteiger partial charge in [0.15, 0.2) is 0 Å². The fraction of sp³-hybridized carbons (Fsp3) is 0.134. The normalized spacial score (nSPS) is 12.6. The van der Waals surface area contributed by atoms with Gasteiger partial charge >= 0.3 is 12.4 Å². The number of benzene rings is 8. The van der Waals surface area contributed by atoms with E-state index in [9.17, 15) is 26.3 Å². The molecule has 1 radical (unpaired) electrons. The standard InChI is InChI=1S/C50H40NO.C17H8F6NO.Ir/c1-30(2)43-26-38(35-20-18-34(19-21-35)33-12-7-6-8-13-33)27-44(31(3)4)48(43)45-28-46(51-29-32(45)5)42-17-11-16-40-41-25-24-37-23-22-36-14-9-10-15-39(36)47(37)50(41)52-49(40)42;18-16(19,20)14-9-12(15(25-14)17(21,22)23)11-6-7-24-13(8-11)10-4-2-1-3-5-10;/h6-16,18-31H,1-5H3;1-4,6-9H;/q2*-1;/i5D3;;. The first kappa shape index (κ1) is 49.5. The van der Waals surface area contributed by atoms with E-state index in [1.807, 2.05) is 24.3 Å². The van der Waals surface area contributed by atoms with Gasteiger partial charge in [0.05, 0.1) is 5.58 Å². The number of hydrogen-bond donors (Lipinski definition) is 0. The van der Waals surface area contributed by atoms with Gasteiger partial charge in [-0.1, -0.05) is 166 Å². The Morgan fingerprint density at radius 1 is 0.513 bits per heavy atom. The van der Waals surface area contributed by atoms with Crippen molar-refractivity contribution in [1.29, 1.82) is 0 Å². The van der Waals surface area contributed by atoms with E-state index in [1.165, 1.54) is 29.5 Å². The van der Waals surface area contributed by atoms with E-state index < -0.39 is 36.3 Å². The van der Waals surface area contributed by atoms with Crippen LogP contribution in [0.4, 0.5) is 26.3 Å². The van der Waals surface area contributed by atoms with Crippen molar-refractivity contribution in [3.8, 4) is 67.0 Å². The van der Waals surface area contributed by atoms with Crippen LogP contribution in [0.25, 0.3) is 111 Å². The second-order valence-corrected chi connectivity index (χ2v) is 19.5. The van der Waals surface area contributed by atoms with Crippen LogP contribution in [0.5, 0.6) is 0 Å². The van der Waals surface area contributed by atoms with Crippen LogP contribution in [0.3, 0.4) is 0 Å². The van der Waals surface area contributed by atoms with Gasteiger partial charge in [0.25, 0.3) is 0 Å². The van der Waals surface area contributed by atoms with E-state index in [0.717, 1.165) is 65.7 Å². The van der Waals surface area contributed by atoms with Crippen LogP contribution >= 0.6 is 0 Å². The molecule has 0 bridgehead atoms. The van der Waals surface area contributed by atoms with Crippen molar-refractivity contribution in [2.45, 2.75) is 58.7 Å². The van der Waals surface area contributed by atoms with Crippen molar-refractivity contribution < 1.29 is 59.4 Å². The maximum absolute atomic E-state index is 13.1. The number of pyridine rings is 2. The van der Waals surface area contributed by atoms with Gasteiger partial charge in [-0.3, -0.25) is 0 Å². The molecule has 0 aliphatic rings. The molecule has 0 aliphatic heterocycles. The summed E-state index contributed by atoms with van der Waals surface area (Å²) in [4.78, 5) is 8.85. The minimum atomic E-state index is -5.07. The monoisotopic (exact) mass is 1220 g/mol. The fourth-order valence-electron chi connectivity index (χ4n) is 10.1. The number of halogens is 6. The van der Waals surface area contributed by atoms with Gasteiger partial charge in [-0.15, -0.1) is 54.1 Å². The van der Waals surface area contributed by atoms with Gasteiger partial charge in [0.1, 0.15) is 5.58 Å². The summed E-state index contributed by atoms with van der Waals surface area (Å²) < 4.78 is 114. The minimum Gasteiger partial charge on any atom is -0.500 e. The summed E-state index contributed by atoms with van der Waals surface area (Å²) in [5.41, 5.74) is 11.4. The molecule has 8 aromatic carbocycles. The molecule has 0 N–H and O–H groups in total. The third-order valence-electron chi connectivity index (χ3n) is 13.8. The smallest absolute Gasteiger partial charge is 0.450 e. The van der Waals surface area contributed by atoms with Crippen molar-refractivity contribution in [3.05, 3.63) is 229 Å². The number of aromatic nitrogens is 2. The van der Waals surface area contributed by atoms with Gasteiger partial charge in [0, 0.05) is 52.9 Å². The summed E-state index contributed by atoms with van der Waals surface area (Å²) in [6.07, 6.45) is -7.34. The molecule has 12 rings (SSSR count). The molecular formula is C67H48F6IrN2O2-2. The minimum absolute atomic E-state index is 0. The van der Waals surface area contributed by atoms with Crippen molar-refractivity contribution in [2.24, 2.45) is 0 Å². The predicted octanol–water partition coefficient (Wildman–Crippen LogP) is 20.2. The molecule has 0 saturated heterocycles. The van der Waals surface area contributed by atoms with Crippen LogP contribution in [-0.2, 0) is 32.5 Å². The van der Waals surface area contributed by atoms with Crippen molar-refractivity contribution in [2.75, 3.05) is 0 Å². The molecule has 4 heterocycles. The second-order valence-electron chi connectivity index (χ2n) is 19.5. The molecule has 4 nitrogen and oxygen atoms in total. The zero-order chi connectivity index (χ0) is 56.3. The molecule has 12 aromatic rings. The third kappa shape index (κ3) is 10.3. The molecule has 391 valence electrons. The predicted molar refractivity (Wildman–Crippen MR) is 296 cm³/mol. The van der Waals surface area contributed by atoms with Crippen molar-refractivity contribution in [1.82, 2.24) is 9.97 Å². The number of hydrogen-bond acceptors (Lipinski definition) is 4. The summed E-state index contributed by atoms with van der Waals surface area (Å²) in [5.74, 6) is -3.18. The number of furan rings is 2. The van der Waals surface area contributed by atoms with Gasteiger partial charge in [-0.2, -0.15) is 26.3 Å². The Balaban J connectivity index is 0.000000238. The van der Waals surface area contributed by atoms with E-state index in [1.54, 1.807) is 30.5 Å². The van der Waals surface area contributed by atoms with Crippen LogP contribution in [0, 0.1) is 19.0 Å². The molecule has 0 fully saturated rings. The van der Waals surface area contributed by atoms with Crippen molar-refractivity contribution >= 4 is 43.5 Å². The quantitative estimate of drug-likeness (QED) is 0.0864. The fourth-order valence-corrected chi connectivity index (χ4v) is 10.1. The summed E-state index contributed by atoms with van der Waals surface area (Å²) in [5, 5.41) is 6.45. The zero-order valence-electron chi connectivity index (χ0n) is 45.4. The molecule has 0 atom stereocenters. The molecule has 11 heteroatoms. The first-order valence-corrected chi connectivity index (χ1v) is 25.0. The first-order chi connectivity index (χ1) is 38.2. The average molecular weight is 1220 g/mol. The van der Waals surface area contributed by atoms with E-state index in [-0.39, 0.29) is 48.8 Å². The van der Waals surface area contributed by atoms with Crippen LogP contribution in [0.2, 0.25) is 0 Å². The maximum atomic E-state index is 13.1. The Bertz CT molecular complexity index is 4240. The Hall–Kier alpha value is -8.11. The summed E-state index contributed by atoms with van der Waals surface area (Å²) in [7, 11) is 0. The van der Waals surface area contributed by atoms with Crippen LogP contribution < -0.4 is 0 Å². The first-order valence-electron chi connectivity index (χ1n) is 26.5. The third-order valence-corrected chi connectivity index (χ3v) is 13.8. The average Bonchev–Trinajstić information content (AvgIpc) is 4.24. The van der Waals surface area contributed by atoms with Gasteiger partial charge in [0.2, 0.25) is 11.5 Å². The molecule has 0 aliphatic carbocycles.